The average molecular weight is 170 g/mol. The Kier molecular flexibility index (Phi) is 1.74. The van der Waals surface area contributed by atoms with Crippen molar-refractivity contribution in [2.45, 2.75) is 13.3 Å². The van der Waals surface area contributed by atoms with Gasteiger partial charge in [-0.1, -0.05) is 6.92 Å². The fraction of sp³-hybridized carbons (Fsp3) is 0.500. The molecule has 0 aromatic carbocycles. The molecule has 1 aliphatic heterocycles. The number of rotatable bonds is 1. The summed E-state index contributed by atoms with van der Waals surface area (Å²) in [5.74, 6) is 0.929. The molecule has 2 nitrogen and oxygen atoms in total. The van der Waals surface area contributed by atoms with Crippen molar-refractivity contribution >= 4 is 11.3 Å². The molecule has 0 radical (unpaired) electrons. The van der Waals surface area contributed by atoms with Gasteiger partial charge in [0, 0.05) is 4.88 Å². The van der Waals surface area contributed by atoms with Crippen LogP contribution in [-0.2, 0) is 6.42 Å². The Morgan fingerprint density at radius 3 is 3.00 bits per heavy atom. The summed E-state index contributed by atoms with van der Waals surface area (Å²) in [6.45, 7) is 3.51. The number of thiophene rings is 1. The normalized spacial score (nSPS) is 15.0. The smallest absolute Gasteiger partial charge is 0.217 e. The highest BCUT2D eigenvalue weighted by Gasteiger charge is 2.14. The van der Waals surface area contributed by atoms with E-state index in [0.29, 0.717) is 13.2 Å². The summed E-state index contributed by atoms with van der Waals surface area (Å²) in [5.41, 5.74) is 0. The van der Waals surface area contributed by atoms with Crippen molar-refractivity contribution < 1.29 is 9.47 Å². The second kappa shape index (κ2) is 2.74. The molecule has 0 saturated heterocycles. The van der Waals surface area contributed by atoms with E-state index < -0.39 is 0 Å². The molecule has 60 valence electrons. The second-order valence-corrected chi connectivity index (χ2v) is 3.51. The summed E-state index contributed by atoms with van der Waals surface area (Å²) in [6, 6.07) is 2.07. The first-order chi connectivity index (χ1) is 5.40. The van der Waals surface area contributed by atoms with Crippen LogP contribution in [0.4, 0.5) is 0 Å². The number of hydrogen-bond acceptors (Lipinski definition) is 3. The van der Waals surface area contributed by atoms with Gasteiger partial charge in [0.2, 0.25) is 5.06 Å². The molecule has 2 heterocycles. The molecule has 11 heavy (non-hydrogen) atoms. The molecular formula is C8H10O2S. The van der Waals surface area contributed by atoms with Gasteiger partial charge in [0.05, 0.1) is 0 Å². The molecule has 0 N–H and O–H groups in total. The number of hydrogen-bond donors (Lipinski definition) is 0. The van der Waals surface area contributed by atoms with Crippen LogP contribution in [0.25, 0.3) is 0 Å². The van der Waals surface area contributed by atoms with Crippen molar-refractivity contribution in [3.05, 3.63) is 10.9 Å². The van der Waals surface area contributed by atoms with Gasteiger partial charge in [-0.05, 0) is 12.5 Å². The molecule has 3 heteroatoms. The summed E-state index contributed by atoms with van der Waals surface area (Å²) in [4.78, 5) is 1.33. The van der Waals surface area contributed by atoms with Gasteiger partial charge in [0.25, 0.3) is 0 Å². The lowest BCUT2D eigenvalue weighted by Gasteiger charge is -2.13. The SMILES string of the molecule is CCc1cc2c(s1)OCCO2. The molecule has 0 aliphatic carbocycles. The molecule has 0 atom stereocenters. The highest BCUT2D eigenvalue weighted by Crippen LogP contribution is 2.39. The van der Waals surface area contributed by atoms with Gasteiger partial charge < -0.3 is 9.47 Å². The summed E-state index contributed by atoms with van der Waals surface area (Å²) in [6.07, 6.45) is 1.06. The molecular weight excluding hydrogens is 160 g/mol. The van der Waals surface area contributed by atoms with Gasteiger partial charge in [-0.2, -0.15) is 0 Å². The predicted octanol–water partition coefficient (Wildman–Crippen LogP) is 2.08. The molecule has 2 rings (SSSR count). The summed E-state index contributed by atoms with van der Waals surface area (Å²) in [5, 5.41) is 0.952. The first-order valence-corrected chi connectivity index (χ1v) is 4.60. The van der Waals surface area contributed by atoms with Gasteiger partial charge in [-0.25, -0.2) is 0 Å². The summed E-state index contributed by atoms with van der Waals surface area (Å²) < 4.78 is 10.8. The van der Waals surface area contributed by atoms with Crippen molar-refractivity contribution in [2.24, 2.45) is 0 Å². The molecule has 0 unspecified atom stereocenters. The van der Waals surface area contributed by atoms with Crippen molar-refractivity contribution in [1.82, 2.24) is 0 Å². The lowest BCUT2D eigenvalue weighted by atomic mass is 10.4. The second-order valence-electron chi connectivity index (χ2n) is 2.41. The van der Waals surface area contributed by atoms with E-state index in [9.17, 15) is 0 Å². The van der Waals surface area contributed by atoms with Gasteiger partial charge in [-0.3, -0.25) is 0 Å². The monoisotopic (exact) mass is 170 g/mol. The Bertz CT molecular complexity index is 231. The minimum atomic E-state index is 0.687. The van der Waals surface area contributed by atoms with Crippen LogP contribution in [0.15, 0.2) is 6.07 Å². The van der Waals surface area contributed by atoms with Crippen molar-refractivity contribution in [2.75, 3.05) is 13.2 Å². The predicted molar refractivity (Wildman–Crippen MR) is 44.7 cm³/mol. The van der Waals surface area contributed by atoms with E-state index in [0.717, 1.165) is 17.2 Å². The van der Waals surface area contributed by atoms with Gasteiger partial charge in [0.1, 0.15) is 13.2 Å². The summed E-state index contributed by atoms with van der Waals surface area (Å²) >= 11 is 1.69. The number of fused-ring (bicyclic) bond motifs is 1. The minimum Gasteiger partial charge on any atom is -0.485 e. The highest BCUT2D eigenvalue weighted by atomic mass is 32.1. The lowest BCUT2D eigenvalue weighted by molar-refractivity contribution is 0.178. The number of aryl methyl sites for hydroxylation is 1. The van der Waals surface area contributed by atoms with Crippen molar-refractivity contribution in [3.8, 4) is 10.8 Å². The first-order valence-electron chi connectivity index (χ1n) is 3.78. The first kappa shape index (κ1) is 6.98. The van der Waals surface area contributed by atoms with Crippen LogP contribution < -0.4 is 9.47 Å². The molecule has 0 bridgehead atoms. The topological polar surface area (TPSA) is 18.5 Å². The van der Waals surface area contributed by atoms with Crippen LogP contribution in [0, 0.1) is 0 Å². The maximum Gasteiger partial charge on any atom is 0.217 e. The van der Waals surface area contributed by atoms with E-state index in [-0.39, 0.29) is 0 Å². The Hall–Kier alpha value is -0.700. The molecule has 0 amide bonds. The maximum absolute atomic E-state index is 5.40. The zero-order valence-corrected chi connectivity index (χ0v) is 7.24. The fourth-order valence-corrected chi connectivity index (χ4v) is 1.97. The van der Waals surface area contributed by atoms with E-state index in [4.69, 9.17) is 9.47 Å². The Morgan fingerprint density at radius 2 is 2.27 bits per heavy atom. The summed E-state index contributed by atoms with van der Waals surface area (Å²) in [7, 11) is 0. The number of ether oxygens (including phenoxy) is 2. The van der Waals surface area contributed by atoms with Crippen LogP contribution in [0.3, 0.4) is 0 Å². The quantitative estimate of drug-likeness (QED) is 0.642. The fourth-order valence-electron chi connectivity index (χ4n) is 1.07. The molecule has 1 aromatic rings. The van der Waals surface area contributed by atoms with E-state index >= 15 is 0 Å². The van der Waals surface area contributed by atoms with E-state index in [1.54, 1.807) is 11.3 Å². The standard InChI is InChI=1S/C8H10O2S/c1-2-6-5-7-8(11-6)10-4-3-9-7/h5H,2-4H2,1H3. The average Bonchev–Trinajstić information content (AvgIpc) is 2.46. The Labute approximate surface area is 69.8 Å². The molecule has 1 aliphatic rings. The third-order valence-electron chi connectivity index (χ3n) is 1.64. The molecule has 0 saturated carbocycles. The lowest BCUT2D eigenvalue weighted by Crippen LogP contribution is -2.13. The minimum absolute atomic E-state index is 0.687. The largest absolute Gasteiger partial charge is 0.485 e. The van der Waals surface area contributed by atoms with Crippen LogP contribution in [0.5, 0.6) is 10.8 Å². The van der Waals surface area contributed by atoms with Crippen LogP contribution >= 0.6 is 11.3 Å². The van der Waals surface area contributed by atoms with E-state index in [1.165, 1.54) is 4.88 Å². The van der Waals surface area contributed by atoms with E-state index in [2.05, 4.69) is 13.0 Å². The third kappa shape index (κ3) is 1.20. The van der Waals surface area contributed by atoms with Gasteiger partial charge in [-0.15, -0.1) is 11.3 Å². The van der Waals surface area contributed by atoms with Gasteiger partial charge >= 0.3 is 0 Å². The molecule has 1 aromatic heterocycles. The van der Waals surface area contributed by atoms with E-state index in [1.807, 2.05) is 0 Å². The van der Waals surface area contributed by atoms with Gasteiger partial charge in [0.15, 0.2) is 5.75 Å². The van der Waals surface area contributed by atoms with Crippen LogP contribution in [0.1, 0.15) is 11.8 Å². The zero-order valence-electron chi connectivity index (χ0n) is 6.42. The van der Waals surface area contributed by atoms with Crippen molar-refractivity contribution in [3.63, 3.8) is 0 Å². The Balaban J connectivity index is 2.32. The van der Waals surface area contributed by atoms with Crippen LogP contribution in [0.2, 0.25) is 0 Å². The zero-order chi connectivity index (χ0) is 7.68. The van der Waals surface area contributed by atoms with Crippen molar-refractivity contribution in [1.29, 1.82) is 0 Å². The highest BCUT2D eigenvalue weighted by molar-refractivity contribution is 7.14. The van der Waals surface area contributed by atoms with Crippen LogP contribution in [-0.4, -0.2) is 13.2 Å². The molecule has 0 fully saturated rings. The maximum atomic E-state index is 5.40. The third-order valence-corrected chi connectivity index (χ3v) is 2.81. The Morgan fingerprint density at radius 1 is 1.45 bits per heavy atom. The molecule has 0 spiro atoms.